The summed E-state index contributed by atoms with van der Waals surface area (Å²) in [6, 6.07) is 9.97. The van der Waals surface area contributed by atoms with Crippen LogP contribution in [0, 0.1) is 6.92 Å². The first-order chi connectivity index (χ1) is 7.58. The molecule has 16 heavy (non-hydrogen) atoms. The molecular formula is C12H16N4. The molecule has 0 fully saturated rings. The molecule has 1 heterocycles. The van der Waals surface area contributed by atoms with Gasteiger partial charge < -0.3 is 10.6 Å². The first-order valence-corrected chi connectivity index (χ1v) is 5.18. The minimum Gasteiger partial charge on any atom is -0.384 e. The van der Waals surface area contributed by atoms with Crippen LogP contribution < -0.4 is 10.6 Å². The number of anilines is 2. The van der Waals surface area contributed by atoms with Crippen molar-refractivity contribution in [2.75, 3.05) is 24.7 Å². The topological polar surface area (TPSA) is 47.1 Å². The van der Waals surface area contributed by atoms with Crippen LogP contribution in [0.2, 0.25) is 0 Å². The number of hydrogen-bond donors (Lipinski definition) is 1. The molecular weight excluding hydrogens is 200 g/mol. The van der Waals surface area contributed by atoms with Crippen molar-refractivity contribution in [1.82, 2.24) is 9.78 Å². The predicted octanol–water partition coefficient (Wildman–Crippen LogP) is 1.83. The lowest BCUT2D eigenvalue weighted by atomic mass is 10.2. The van der Waals surface area contributed by atoms with Gasteiger partial charge in [0.25, 0.3) is 0 Å². The van der Waals surface area contributed by atoms with E-state index < -0.39 is 0 Å². The van der Waals surface area contributed by atoms with Gasteiger partial charge in [0.15, 0.2) is 0 Å². The highest BCUT2D eigenvalue weighted by Gasteiger charge is 2.05. The second-order valence-corrected chi connectivity index (χ2v) is 4.04. The van der Waals surface area contributed by atoms with Crippen molar-refractivity contribution in [3.63, 3.8) is 0 Å². The van der Waals surface area contributed by atoms with Crippen LogP contribution in [-0.2, 0) is 0 Å². The number of nitrogens with zero attached hydrogens (tertiary/aromatic N) is 3. The molecule has 4 heteroatoms. The molecule has 0 atom stereocenters. The number of nitrogen functional groups attached to an aromatic ring is 1. The van der Waals surface area contributed by atoms with Gasteiger partial charge in [0, 0.05) is 25.8 Å². The molecule has 0 amide bonds. The SMILES string of the molecule is Cc1cc(N)n(-c2cccc(N(C)C)c2)n1. The highest BCUT2D eigenvalue weighted by Crippen LogP contribution is 2.19. The van der Waals surface area contributed by atoms with E-state index in [0.717, 1.165) is 17.1 Å². The van der Waals surface area contributed by atoms with Crippen molar-refractivity contribution in [3.05, 3.63) is 36.0 Å². The van der Waals surface area contributed by atoms with E-state index in [1.807, 2.05) is 39.2 Å². The van der Waals surface area contributed by atoms with Crippen molar-refractivity contribution in [2.45, 2.75) is 6.92 Å². The summed E-state index contributed by atoms with van der Waals surface area (Å²) in [6.07, 6.45) is 0. The summed E-state index contributed by atoms with van der Waals surface area (Å²) in [5.74, 6) is 0.661. The van der Waals surface area contributed by atoms with Crippen molar-refractivity contribution in [3.8, 4) is 5.69 Å². The Kier molecular flexibility index (Phi) is 2.56. The number of aromatic nitrogens is 2. The standard InChI is InChI=1S/C12H16N4/c1-9-7-12(13)16(14-9)11-6-4-5-10(8-11)15(2)3/h4-8H,13H2,1-3H3. The third-order valence-corrected chi connectivity index (χ3v) is 2.45. The first-order valence-electron chi connectivity index (χ1n) is 5.18. The molecule has 2 N–H and O–H groups in total. The van der Waals surface area contributed by atoms with Gasteiger partial charge in [-0.05, 0) is 25.1 Å². The quantitative estimate of drug-likeness (QED) is 0.833. The summed E-state index contributed by atoms with van der Waals surface area (Å²) < 4.78 is 1.75. The van der Waals surface area contributed by atoms with Crippen molar-refractivity contribution < 1.29 is 0 Å². The molecule has 0 aliphatic heterocycles. The molecule has 0 unspecified atom stereocenters. The van der Waals surface area contributed by atoms with Gasteiger partial charge in [-0.2, -0.15) is 5.10 Å². The van der Waals surface area contributed by atoms with E-state index in [1.54, 1.807) is 4.68 Å². The average Bonchev–Trinajstić information content (AvgIpc) is 2.58. The Morgan fingerprint density at radius 3 is 2.56 bits per heavy atom. The summed E-state index contributed by atoms with van der Waals surface area (Å²) >= 11 is 0. The van der Waals surface area contributed by atoms with Crippen LogP contribution in [-0.4, -0.2) is 23.9 Å². The molecule has 0 radical (unpaired) electrons. The van der Waals surface area contributed by atoms with Gasteiger partial charge in [-0.15, -0.1) is 0 Å². The molecule has 0 saturated carbocycles. The zero-order valence-corrected chi connectivity index (χ0v) is 9.81. The lowest BCUT2D eigenvalue weighted by molar-refractivity contribution is 0.871. The van der Waals surface area contributed by atoms with Crippen LogP contribution in [0.5, 0.6) is 0 Å². The lowest BCUT2D eigenvalue weighted by Crippen LogP contribution is -2.09. The smallest absolute Gasteiger partial charge is 0.127 e. The van der Waals surface area contributed by atoms with E-state index in [0.29, 0.717) is 5.82 Å². The molecule has 0 spiro atoms. The maximum absolute atomic E-state index is 5.89. The second kappa shape index (κ2) is 3.89. The van der Waals surface area contributed by atoms with Crippen molar-refractivity contribution >= 4 is 11.5 Å². The Hall–Kier alpha value is -1.97. The second-order valence-electron chi connectivity index (χ2n) is 4.04. The van der Waals surface area contributed by atoms with Crippen molar-refractivity contribution in [2.24, 2.45) is 0 Å². The maximum Gasteiger partial charge on any atom is 0.127 e. The van der Waals surface area contributed by atoms with Crippen molar-refractivity contribution in [1.29, 1.82) is 0 Å². The molecule has 84 valence electrons. The minimum absolute atomic E-state index is 0.661. The predicted molar refractivity (Wildman–Crippen MR) is 67.0 cm³/mol. The molecule has 2 aromatic rings. The third-order valence-electron chi connectivity index (χ3n) is 2.45. The fourth-order valence-corrected chi connectivity index (χ4v) is 1.63. The Balaban J connectivity index is 2.48. The van der Waals surface area contributed by atoms with Gasteiger partial charge in [-0.1, -0.05) is 6.07 Å². The molecule has 0 saturated heterocycles. The monoisotopic (exact) mass is 216 g/mol. The summed E-state index contributed by atoms with van der Waals surface area (Å²) in [5, 5.41) is 4.35. The fourth-order valence-electron chi connectivity index (χ4n) is 1.63. The summed E-state index contributed by atoms with van der Waals surface area (Å²) in [6.45, 7) is 1.93. The average molecular weight is 216 g/mol. The largest absolute Gasteiger partial charge is 0.384 e. The first kappa shape index (κ1) is 10.5. The summed E-state index contributed by atoms with van der Waals surface area (Å²) in [7, 11) is 4.02. The Labute approximate surface area is 95.3 Å². The zero-order valence-electron chi connectivity index (χ0n) is 9.81. The van der Waals surface area contributed by atoms with E-state index in [4.69, 9.17) is 5.73 Å². The Morgan fingerprint density at radius 2 is 2.00 bits per heavy atom. The number of rotatable bonds is 2. The van der Waals surface area contributed by atoms with Crippen LogP contribution in [0.1, 0.15) is 5.69 Å². The van der Waals surface area contributed by atoms with E-state index >= 15 is 0 Å². The van der Waals surface area contributed by atoms with E-state index in [2.05, 4.69) is 22.1 Å². The van der Waals surface area contributed by atoms with Crippen LogP contribution in [0.3, 0.4) is 0 Å². The maximum atomic E-state index is 5.89. The number of aryl methyl sites for hydroxylation is 1. The van der Waals surface area contributed by atoms with Gasteiger partial charge in [0.1, 0.15) is 5.82 Å². The molecule has 0 aliphatic rings. The number of nitrogens with two attached hydrogens (primary N) is 1. The molecule has 1 aromatic carbocycles. The molecule has 4 nitrogen and oxygen atoms in total. The fraction of sp³-hybridized carbons (Fsp3) is 0.250. The minimum atomic E-state index is 0.661. The van der Waals surface area contributed by atoms with Crippen LogP contribution in [0.15, 0.2) is 30.3 Å². The van der Waals surface area contributed by atoms with Gasteiger partial charge in [0.05, 0.1) is 11.4 Å². The zero-order chi connectivity index (χ0) is 11.7. The molecule has 1 aromatic heterocycles. The number of benzene rings is 1. The van der Waals surface area contributed by atoms with Crippen LogP contribution in [0.4, 0.5) is 11.5 Å². The highest BCUT2D eigenvalue weighted by molar-refractivity contribution is 5.54. The molecule has 0 aliphatic carbocycles. The summed E-state index contributed by atoms with van der Waals surface area (Å²) in [4.78, 5) is 2.05. The van der Waals surface area contributed by atoms with Crippen LogP contribution >= 0.6 is 0 Å². The van der Waals surface area contributed by atoms with E-state index in [9.17, 15) is 0 Å². The lowest BCUT2D eigenvalue weighted by Gasteiger charge is -2.13. The normalized spacial score (nSPS) is 10.4. The highest BCUT2D eigenvalue weighted by atomic mass is 15.3. The molecule has 2 rings (SSSR count). The van der Waals surface area contributed by atoms with Gasteiger partial charge in [-0.3, -0.25) is 0 Å². The van der Waals surface area contributed by atoms with Gasteiger partial charge in [0.2, 0.25) is 0 Å². The van der Waals surface area contributed by atoms with Crippen LogP contribution in [0.25, 0.3) is 5.69 Å². The molecule has 0 bridgehead atoms. The van der Waals surface area contributed by atoms with Gasteiger partial charge in [-0.25, -0.2) is 4.68 Å². The third kappa shape index (κ3) is 1.86. The summed E-state index contributed by atoms with van der Waals surface area (Å²) in [5.41, 5.74) is 8.92. The Bertz CT molecular complexity index is 499. The van der Waals surface area contributed by atoms with E-state index in [1.165, 1.54) is 0 Å². The number of hydrogen-bond acceptors (Lipinski definition) is 3. The van der Waals surface area contributed by atoms with Gasteiger partial charge >= 0.3 is 0 Å². The Morgan fingerprint density at radius 1 is 1.25 bits per heavy atom. The van der Waals surface area contributed by atoms with E-state index in [-0.39, 0.29) is 0 Å².